The number of rotatable bonds is 2. The predicted octanol–water partition coefficient (Wildman–Crippen LogP) is 12.8. The van der Waals surface area contributed by atoms with Crippen molar-refractivity contribution in [3.63, 3.8) is 0 Å². The molecule has 0 unspecified atom stereocenters. The Balaban J connectivity index is 1.16. The van der Waals surface area contributed by atoms with Gasteiger partial charge in [0, 0.05) is 45.1 Å². The van der Waals surface area contributed by atoms with E-state index in [4.69, 9.17) is 9.15 Å². The van der Waals surface area contributed by atoms with Gasteiger partial charge in [-0.1, -0.05) is 97.1 Å². The van der Waals surface area contributed by atoms with Crippen molar-refractivity contribution >= 4 is 55.9 Å². The number of hydrogen-bond acceptors (Lipinski definition) is 4. The molecule has 1 aliphatic heterocycles. The highest BCUT2D eigenvalue weighted by Crippen LogP contribution is 2.46. The fourth-order valence-corrected chi connectivity index (χ4v) is 7.91. The van der Waals surface area contributed by atoms with Crippen LogP contribution in [0.3, 0.4) is 0 Å². The normalized spacial score (nSPS) is 12.2. The highest BCUT2D eigenvalue weighted by Gasteiger charge is 2.21. The molecule has 0 radical (unpaired) electrons. The predicted molar refractivity (Wildman–Crippen MR) is 215 cm³/mol. The van der Waals surface area contributed by atoms with E-state index in [0.717, 1.165) is 106 Å². The van der Waals surface area contributed by atoms with Crippen molar-refractivity contribution in [1.82, 2.24) is 14.5 Å². The third-order valence-electron chi connectivity index (χ3n) is 10.4. The summed E-state index contributed by atoms with van der Waals surface area (Å²) in [5.74, 6) is 2.43. The van der Waals surface area contributed by atoms with E-state index in [1.54, 1.807) is 0 Å². The Morgan fingerprint density at radius 2 is 1.25 bits per heavy atom. The number of benzene rings is 6. The molecular formula is C48H29N3O2. The zero-order valence-electron chi connectivity index (χ0n) is 28.4. The Hall–Kier alpha value is -7.24. The van der Waals surface area contributed by atoms with Crippen LogP contribution in [0.25, 0.3) is 95.1 Å². The van der Waals surface area contributed by atoms with Crippen LogP contribution in [0.15, 0.2) is 169 Å². The molecule has 5 heterocycles. The molecule has 53 heavy (non-hydrogen) atoms. The second-order valence-electron chi connectivity index (χ2n) is 13.4. The summed E-state index contributed by atoms with van der Waals surface area (Å²) in [4.78, 5) is 9.15. The van der Waals surface area contributed by atoms with Crippen molar-refractivity contribution in [2.24, 2.45) is 0 Å². The van der Waals surface area contributed by atoms with Crippen LogP contribution in [0.1, 0.15) is 11.1 Å². The molecule has 0 saturated heterocycles. The Morgan fingerprint density at radius 3 is 2.17 bits per heavy atom. The third-order valence-corrected chi connectivity index (χ3v) is 10.4. The first-order chi connectivity index (χ1) is 26.3. The lowest BCUT2D eigenvalue weighted by Gasteiger charge is -2.17. The fourth-order valence-electron chi connectivity index (χ4n) is 7.91. The van der Waals surface area contributed by atoms with Crippen molar-refractivity contribution in [1.29, 1.82) is 0 Å². The molecular weight excluding hydrogens is 651 g/mol. The molecule has 0 spiro atoms. The number of aromatic nitrogens is 3. The molecule has 5 nitrogen and oxygen atoms in total. The number of nitrogens with zero attached hydrogens (tertiary/aromatic N) is 3. The molecule has 6 aromatic carbocycles. The maximum absolute atomic E-state index is 7.03. The highest BCUT2D eigenvalue weighted by atomic mass is 16.5. The minimum atomic E-state index is 0.768. The number of pyridine rings is 2. The van der Waals surface area contributed by atoms with Crippen LogP contribution in [0, 0.1) is 0 Å². The van der Waals surface area contributed by atoms with Gasteiger partial charge in [-0.25, -0.2) is 4.98 Å². The summed E-state index contributed by atoms with van der Waals surface area (Å²) in [6.45, 7) is 0. The molecule has 0 atom stereocenters. The maximum atomic E-state index is 7.03. The van der Waals surface area contributed by atoms with Crippen LogP contribution in [0.4, 0.5) is 0 Å². The summed E-state index contributed by atoms with van der Waals surface area (Å²) < 4.78 is 15.7. The monoisotopic (exact) mass is 679 g/mol. The molecule has 0 N–H and O–H groups in total. The van der Waals surface area contributed by atoms with E-state index >= 15 is 0 Å². The van der Waals surface area contributed by atoms with E-state index < -0.39 is 0 Å². The average Bonchev–Trinajstić information content (AvgIpc) is 3.74. The minimum absolute atomic E-state index is 0.768. The van der Waals surface area contributed by atoms with Gasteiger partial charge in [-0.15, -0.1) is 0 Å². The quantitative estimate of drug-likeness (QED) is 0.182. The zero-order chi connectivity index (χ0) is 34.9. The number of furan rings is 1. The van der Waals surface area contributed by atoms with Crippen molar-refractivity contribution < 1.29 is 9.15 Å². The van der Waals surface area contributed by atoms with Gasteiger partial charge in [-0.2, -0.15) is 0 Å². The summed E-state index contributed by atoms with van der Waals surface area (Å²) in [7, 11) is 0. The van der Waals surface area contributed by atoms with Gasteiger partial charge < -0.3 is 9.15 Å². The first-order valence-corrected chi connectivity index (χ1v) is 17.7. The van der Waals surface area contributed by atoms with E-state index in [-0.39, 0.29) is 0 Å². The molecule has 5 heteroatoms. The topological polar surface area (TPSA) is 53.1 Å². The summed E-state index contributed by atoms with van der Waals surface area (Å²) in [5, 5.41) is 4.35. The second kappa shape index (κ2) is 11.7. The first kappa shape index (κ1) is 29.5. The summed E-state index contributed by atoms with van der Waals surface area (Å²) in [6, 6.07) is 50.7. The van der Waals surface area contributed by atoms with Crippen LogP contribution < -0.4 is 4.74 Å². The Bertz CT molecular complexity index is 3100. The molecule has 0 bridgehead atoms. The van der Waals surface area contributed by atoms with Gasteiger partial charge in [-0.05, 0) is 94.0 Å². The number of para-hydroxylation sites is 2. The van der Waals surface area contributed by atoms with Gasteiger partial charge in [-0.3, -0.25) is 9.55 Å². The highest BCUT2D eigenvalue weighted by molar-refractivity contribution is 6.11. The third kappa shape index (κ3) is 4.71. The van der Waals surface area contributed by atoms with E-state index in [0.29, 0.717) is 0 Å². The molecule has 10 aromatic rings. The van der Waals surface area contributed by atoms with Gasteiger partial charge in [0.2, 0.25) is 0 Å². The lowest BCUT2D eigenvalue weighted by Crippen LogP contribution is -1.96. The summed E-state index contributed by atoms with van der Waals surface area (Å²) in [6.07, 6.45) is 10.0. The van der Waals surface area contributed by atoms with Gasteiger partial charge in [0.25, 0.3) is 0 Å². The van der Waals surface area contributed by atoms with E-state index in [2.05, 4.69) is 130 Å². The van der Waals surface area contributed by atoms with Crippen LogP contribution in [0.5, 0.6) is 11.5 Å². The molecule has 1 aliphatic rings. The SMILES string of the molecule is C1=Cc2ccc(-c3ccc4c(c3)c3ccncc3n4-c3ccccn3)cc2-c2cc3oc4ccccc4c3cc2Oc2ccccc2-c2ccccc21. The molecule has 0 fully saturated rings. The Morgan fingerprint density at radius 1 is 0.453 bits per heavy atom. The standard InChI is InChI=1S/C48H29N3O2/c1-2-10-34-30(9-1)16-17-31-18-19-32(33-20-21-42-39(26-33)35-22-24-49-29-43(35)51(42)48-15-7-8-23-50-48)25-38(31)41-28-46-40(37-12-4-6-14-45(37)53-46)27-47(41)52-44-13-5-3-11-36(34)44/h1-29H. The van der Waals surface area contributed by atoms with Crippen LogP contribution in [-0.2, 0) is 0 Å². The van der Waals surface area contributed by atoms with Crippen molar-refractivity contribution in [2.75, 3.05) is 0 Å². The van der Waals surface area contributed by atoms with E-state index in [1.165, 1.54) is 0 Å². The molecule has 0 saturated carbocycles. The van der Waals surface area contributed by atoms with Crippen molar-refractivity contribution in [3.8, 4) is 50.7 Å². The average molecular weight is 680 g/mol. The summed E-state index contributed by atoms with van der Waals surface area (Å²) in [5.41, 5.74) is 12.3. The lowest BCUT2D eigenvalue weighted by molar-refractivity contribution is 0.487. The summed E-state index contributed by atoms with van der Waals surface area (Å²) >= 11 is 0. The fraction of sp³-hybridized carbons (Fsp3) is 0. The van der Waals surface area contributed by atoms with Gasteiger partial charge >= 0.3 is 0 Å². The van der Waals surface area contributed by atoms with Crippen LogP contribution >= 0.6 is 0 Å². The van der Waals surface area contributed by atoms with Crippen molar-refractivity contribution in [2.45, 2.75) is 0 Å². The van der Waals surface area contributed by atoms with E-state index in [9.17, 15) is 0 Å². The molecule has 248 valence electrons. The molecule has 4 aromatic heterocycles. The number of fused-ring (bicyclic) bond motifs is 12. The van der Waals surface area contributed by atoms with Gasteiger partial charge in [0.05, 0.1) is 17.2 Å². The number of hydrogen-bond donors (Lipinski definition) is 0. The smallest absolute Gasteiger partial charge is 0.137 e. The second-order valence-corrected chi connectivity index (χ2v) is 13.4. The largest absolute Gasteiger partial charge is 0.456 e. The Labute approximate surface area is 304 Å². The first-order valence-electron chi connectivity index (χ1n) is 17.7. The Kier molecular flexibility index (Phi) is 6.48. The van der Waals surface area contributed by atoms with Crippen molar-refractivity contribution in [3.05, 3.63) is 175 Å². The zero-order valence-corrected chi connectivity index (χ0v) is 28.4. The molecule has 0 amide bonds. The van der Waals surface area contributed by atoms with Crippen LogP contribution in [-0.4, -0.2) is 14.5 Å². The van der Waals surface area contributed by atoms with Crippen LogP contribution in [0.2, 0.25) is 0 Å². The van der Waals surface area contributed by atoms with E-state index in [1.807, 2.05) is 61.1 Å². The lowest BCUT2D eigenvalue weighted by atomic mass is 9.92. The number of ether oxygens (including phenoxy) is 1. The maximum Gasteiger partial charge on any atom is 0.137 e. The van der Waals surface area contributed by atoms with Gasteiger partial charge in [0.15, 0.2) is 0 Å². The molecule has 11 rings (SSSR count). The minimum Gasteiger partial charge on any atom is -0.456 e. The molecule has 0 aliphatic carbocycles. The van der Waals surface area contributed by atoms with Gasteiger partial charge in [0.1, 0.15) is 28.5 Å².